The Balaban J connectivity index is 0.916. The van der Waals surface area contributed by atoms with Gasteiger partial charge in [0.15, 0.2) is 11.6 Å². The van der Waals surface area contributed by atoms with Gasteiger partial charge in [-0.2, -0.15) is 0 Å². The molecule has 1 aromatic heterocycles. The molecule has 12 rings (SSSR count). The highest BCUT2D eigenvalue weighted by Crippen LogP contribution is 2.63. The first-order valence-electron chi connectivity index (χ1n) is 21.3. The van der Waals surface area contributed by atoms with Gasteiger partial charge in [-0.05, 0) is 68.6 Å². The zero-order chi connectivity index (χ0) is 41.0. The van der Waals surface area contributed by atoms with Gasteiger partial charge in [-0.15, -0.1) is 0 Å². The summed E-state index contributed by atoms with van der Waals surface area (Å²) in [5.41, 5.74) is 15.7. The second-order valence-corrected chi connectivity index (χ2v) is 16.2. The Morgan fingerprint density at radius 1 is 0.419 bits per heavy atom. The third-order valence-electron chi connectivity index (χ3n) is 12.8. The lowest BCUT2D eigenvalue weighted by Gasteiger charge is -2.40. The molecule has 9 aromatic rings. The van der Waals surface area contributed by atoms with Crippen LogP contribution in [0.2, 0.25) is 0 Å². The lowest BCUT2D eigenvalue weighted by Crippen LogP contribution is -2.32. The highest BCUT2D eigenvalue weighted by Gasteiger charge is 2.51. The molecule has 1 atom stereocenters. The summed E-state index contributed by atoms with van der Waals surface area (Å²) in [6.45, 7) is 0. The van der Waals surface area contributed by atoms with Gasteiger partial charge in [-0.1, -0.05) is 206 Å². The quantitative estimate of drug-likeness (QED) is 0.168. The largest absolute Gasteiger partial charge is 0.456 e. The maximum atomic E-state index is 7.02. The normalized spacial score (nSPS) is 15.2. The monoisotopic (exact) mass is 793 g/mol. The van der Waals surface area contributed by atoms with Crippen molar-refractivity contribution in [2.45, 2.75) is 17.8 Å². The van der Waals surface area contributed by atoms with Gasteiger partial charge in [-0.25, -0.2) is 15.0 Å². The van der Waals surface area contributed by atoms with Crippen LogP contribution in [0.3, 0.4) is 0 Å². The average molecular weight is 794 g/mol. The summed E-state index contributed by atoms with van der Waals surface area (Å²) in [5, 5.41) is 0. The molecule has 0 N–H and O–H groups in total. The fourth-order valence-electron chi connectivity index (χ4n) is 9.91. The van der Waals surface area contributed by atoms with Crippen LogP contribution in [0.1, 0.15) is 46.0 Å². The number of hydrogen-bond acceptors (Lipinski definition) is 4. The zero-order valence-electron chi connectivity index (χ0n) is 33.8. The molecule has 0 radical (unpaired) electrons. The smallest absolute Gasteiger partial charge is 0.163 e. The van der Waals surface area contributed by atoms with Gasteiger partial charge in [0.2, 0.25) is 0 Å². The van der Waals surface area contributed by atoms with Crippen molar-refractivity contribution in [2.75, 3.05) is 0 Å². The third kappa shape index (κ3) is 5.79. The Kier molecular flexibility index (Phi) is 8.49. The molecule has 0 saturated carbocycles. The maximum absolute atomic E-state index is 7.02. The number of ether oxygens (including phenoxy) is 1. The standard InChI is InChI=1S/C58H39N3O/c1-3-16-38(17-4-1)39-32-34-41(35-33-39)56-59-55(40-18-5-2-6-19-40)60-57(61-56)45-23-14-21-43(37-45)42-20-13-22-44(36-42)46-26-15-30-52-54(46)62-53-31-12-11-29-51(53)58(52)49-27-9-7-24-47(49)48-25-8-10-28-50(48)58/h1-36,45H,37H2. The molecular weight excluding hydrogens is 755 g/mol. The van der Waals surface area contributed by atoms with Crippen molar-refractivity contribution < 1.29 is 4.74 Å². The molecule has 2 aliphatic carbocycles. The summed E-state index contributed by atoms with van der Waals surface area (Å²) in [6.07, 6.45) is 7.35. The number of nitrogens with zero attached hydrogens (tertiary/aromatic N) is 3. The summed E-state index contributed by atoms with van der Waals surface area (Å²) in [5.74, 6) is 3.83. The second kappa shape index (κ2) is 14.6. The molecule has 1 spiro atoms. The van der Waals surface area contributed by atoms with Crippen LogP contribution in [0.25, 0.3) is 61.7 Å². The van der Waals surface area contributed by atoms with Crippen LogP contribution in [0.15, 0.2) is 218 Å². The molecule has 292 valence electrons. The predicted octanol–water partition coefficient (Wildman–Crippen LogP) is 14.1. The molecule has 4 heteroatoms. The predicted molar refractivity (Wildman–Crippen MR) is 250 cm³/mol. The summed E-state index contributed by atoms with van der Waals surface area (Å²) in [6, 6.07) is 71.0. The average Bonchev–Trinajstić information content (AvgIpc) is 3.65. The number of rotatable bonds is 6. The zero-order valence-corrected chi connectivity index (χ0v) is 33.8. The van der Waals surface area contributed by atoms with Crippen molar-refractivity contribution in [1.29, 1.82) is 0 Å². The summed E-state index contributed by atoms with van der Waals surface area (Å²) >= 11 is 0. The molecule has 2 heterocycles. The molecule has 62 heavy (non-hydrogen) atoms. The number of para-hydroxylation sites is 2. The number of allylic oxidation sites excluding steroid dienone is 4. The molecule has 0 saturated heterocycles. The number of hydrogen-bond donors (Lipinski definition) is 0. The van der Waals surface area contributed by atoms with E-state index in [2.05, 4.69) is 194 Å². The van der Waals surface area contributed by atoms with E-state index in [1.165, 1.54) is 39.0 Å². The van der Waals surface area contributed by atoms with Gasteiger partial charge in [0.1, 0.15) is 17.3 Å². The Hall–Kier alpha value is -7.95. The van der Waals surface area contributed by atoms with E-state index in [4.69, 9.17) is 19.7 Å². The fourth-order valence-corrected chi connectivity index (χ4v) is 9.91. The highest BCUT2D eigenvalue weighted by molar-refractivity contribution is 5.90. The van der Waals surface area contributed by atoms with Crippen LogP contribution in [0, 0.1) is 0 Å². The molecule has 0 fully saturated rings. The number of benzene rings is 8. The van der Waals surface area contributed by atoms with Gasteiger partial charge < -0.3 is 4.74 Å². The van der Waals surface area contributed by atoms with Gasteiger partial charge in [0, 0.05) is 33.7 Å². The van der Waals surface area contributed by atoms with E-state index in [0.717, 1.165) is 62.7 Å². The van der Waals surface area contributed by atoms with E-state index in [1.54, 1.807) is 0 Å². The third-order valence-corrected chi connectivity index (χ3v) is 12.8. The molecule has 0 bridgehead atoms. The van der Waals surface area contributed by atoms with E-state index in [9.17, 15) is 0 Å². The minimum absolute atomic E-state index is 0.0434. The van der Waals surface area contributed by atoms with Crippen LogP contribution >= 0.6 is 0 Å². The fraction of sp³-hybridized carbons (Fsp3) is 0.0517. The molecule has 0 amide bonds. The number of fused-ring (bicyclic) bond motifs is 9. The van der Waals surface area contributed by atoms with E-state index >= 15 is 0 Å². The molecular formula is C58H39N3O. The van der Waals surface area contributed by atoms with Crippen molar-refractivity contribution in [3.8, 4) is 67.7 Å². The van der Waals surface area contributed by atoms with Gasteiger partial charge in [0.05, 0.1) is 5.41 Å². The molecule has 1 unspecified atom stereocenters. The summed E-state index contributed by atoms with van der Waals surface area (Å²) in [4.78, 5) is 15.3. The van der Waals surface area contributed by atoms with E-state index in [1.807, 2.05) is 24.3 Å². The number of aromatic nitrogens is 3. The van der Waals surface area contributed by atoms with Crippen LogP contribution < -0.4 is 4.74 Å². The Morgan fingerprint density at radius 3 is 1.66 bits per heavy atom. The maximum Gasteiger partial charge on any atom is 0.163 e. The van der Waals surface area contributed by atoms with Crippen molar-refractivity contribution >= 4 is 5.57 Å². The minimum atomic E-state index is -0.513. The first-order valence-corrected chi connectivity index (χ1v) is 21.3. The minimum Gasteiger partial charge on any atom is -0.456 e. The summed E-state index contributed by atoms with van der Waals surface area (Å²) in [7, 11) is 0. The van der Waals surface area contributed by atoms with Gasteiger partial charge >= 0.3 is 0 Å². The lowest BCUT2D eigenvalue weighted by atomic mass is 9.65. The van der Waals surface area contributed by atoms with Crippen LogP contribution in [0.5, 0.6) is 11.5 Å². The van der Waals surface area contributed by atoms with Crippen LogP contribution in [-0.2, 0) is 5.41 Å². The topological polar surface area (TPSA) is 47.9 Å². The van der Waals surface area contributed by atoms with Crippen molar-refractivity contribution in [3.05, 3.63) is 252 Å². The van der Waals surface area contributed by atoms with E-state index in [0.29, 0.717) is 11.6 Å². The van der Waals surface area contributed by atoms with Crippen molar-refractivity contribution in [2.24, 2.45) is 0 Å². The van der Waals surface area contributed by atoms with E-state index < -0.39 is 5.41 Å². The van der Waals surface area contributed by atoms with Crippen molar-refractivity contribution in [3.63, 3.8) is 0 Å². The SMILES string of the molecule is C1=CC(c2nc(-c3ccccc3)nc(-c3ccc(-c4ccccc4)cc3)n2)CC(c2cccc(-c3cccc4c3Oc3ccccc3C43c4ccccc4-c4ccccc43)c2)=C1. The van der Waals surface area contributed by atoms with Crippen molar-refractivity contribution in [1.82, 2.24) is 15.0 Å². The first kappa shape index (κ1) is 35.9. The second-order valence-electron chi connectivity index (χ2n) is 16.2. The molecule has 3 aliphatic rings. The summed E-state index contributed by atoms with van der Waals surface area (Å²) < 4.78 is 7.02. The molecule has 8 aromatic carbocycles. The Labute approximate surface area is 361 Å². The highest BCUT2D eigenvalue weighted by atomic mass is 16.5. The Morgan fingerprint density at radius 2 is 0.935 bits per heavy atom. The molecule has 1 aliphatic heterocycles. The van der Waals surface area contributed by atoms with Crippen LogP contribution in [0.4, 0.5) is 0 Å². The van der Waals surface area contributed by atoms with Gasteiger partial charge in [0.25, 0.3) is 0 Å². The lowest BCUT2D eigenvalue weighted by molar-refractivity contribution is 0.438. The first-order chi connectivity index (χ1) is 30.7. The van der Waals surface area contributed by atoms with Gasteiger partial charge in [-0.3, -0.25) is 0 Å². The van der Waals surface area contributed by atoms with E-state index in [-0.39, 0.29) is 5.92 Å². The molecule has 4 nitrogen and oxygen atoms in total. The Bertz CT molecular complexity index is 3200. The van der Waals surface area contributed by atoms with Crippen LogP contribution in [-0.4, -0.2) is 15.0 Å².